The fourth-order valence-electron chi connectivity index (χ4n) is 4.49. The molecule has 2 aromatic carbocycles. The van der Waals surface area contributed by atoms with Gasteiger partial charge in [-0.05, 0) is 45.0 Å². The van der Waals surface area contributed by atoms with Gasteiger partial charge in [-0.15, -0.1) is 0 Å². The summed E-state index contributed by atoms with van der Waals surface area (Å²) in [6, 6.07) is 6.30. The first kappa shape index (κ1) is 29.2. The number of hydrogen-bond donors (Lipinski definition) is 2. The number of ether oxygens (including phenoxy) is 1. The van der Waals surface area contributed by atoms with Crippen LogP contribution in [0.1, 0.15) is 45.2 Å². The van der Waals surface area contributed by atoms with Crippen LogP contribution in [0.3, 0.4) is 0 Å². The van der Waals surface area contributed by atoms with Gasteiger partial charge in [0.2, 0.25) is 5.91 Å². The van der Waals surface area contributed by atoms with Gasteiger partial charge in [-0.3, -0.25) is 14.5 Å². The molecule has 2 N–H and O–H groups in total. The first-order valence-electron chi connectivity index (χ1n) is 12.5. The SMILES string of the molecule is CC(C)(C)OC(=O)N1C[C@@H](C(=O)N(c2cccc(F)c2)C(C(=O)NC2CC(F)(F)C2)c2ccccc2Cl)NC1=O. The molecule has 2 atom stereocenters. The molecule has 1 heterocycles. The number of hydrogen-bond acceptors (Lipinski definition) is 5. The summed E-state index contributed by atoms with van der Waals surface area (Å²) in [6.45, 7) is 4.39. The van der Waals surface area contributed by atoms with Crippen LogP contribution in [-0.2, 0) is 14.3 Å². The number of urea groups is 1. The lowest BCUT2D eigenvalue weighted by Crippen LogP contribution is -2.56. The molecule has 0 spiro atoms. The normalized spacial score (nSPS) is 19.3. The molecule has 1 aliphatic heterocycles. The molecule has 2 aliphatic rings. The number of benzene rings is 2. The van der Waals surface area contributed by atoms with Crippen LogP contribution in [0, 0.1) is 5.82 Å². The second-order valence-electron chi connectivity index (χ2n) is 10.7. The highest BCUT2D eigenvalue weighted by molar-refractivity contribution is 6.31. The molecule has 1 unspecified atom stereocenters. The third-order valence-electron chi connectivity index (χ3n) is 6.29. The second-order valence-corrected chi connectivity index (χ2v) is 11.1. The predicted octanol–water partition coefficient (Wildman–Crippen LogP) is 4.80. The summed E-state index contributed by atoms with van der Waals surface area (Å²) in [6.07, 6.45) is -2.14. The standard InChI is InChI=1S/C27H28ClF3N4O5/c1-26(2,3)40-25(39)34-14-20(33-24(34)38)23(37)35(17-8-6-7-15(29)11-17)21(18-9-4-5-10-19(18)28)22(36)32-16-12-27(30,31)13-16/h4-11,16,20-21H,12-14H2,1-3H3,(H,32,36)(H,33,38)/t20-,21?/m0/s1. The van der Waals surface area contributed by atoms with E-state index in [2.05, 4.69) is 10.6 Å². The van der Waals surface area contributed by atoms with Crippen LogP contribution >= 0.6 is 11.6 Å². The van der Waals surface area contributed by atoms with Crippen LogP contribution < -0.4 is 15.5 Å². The van der Waals surface area contributed by atoms with E-state index in [4.69, 9.17) is 16.3 Å². The molecule has 5 amide bonds. The lowest BCUT2D eigenvalue weighted by atomic mass is 9.87. The fourth-order valence-corrected chi connectivity index (χ4v) is 4.73. The van der Waals surface area contributed by atoms with E-state index in [-0.39, 0.29) is 16.3 Å². The van der Waals surface area contributed by atoms with Crippen LogP contribution in [0.2, 0.25) is 5.02 Å². The minimum Gasteiger partial charge on any atom is -0.443 e. The molecule has 1 saturated carbocycles. The number of nitrogens with one attached hydrogen (secondary N) is 2. The number of rotatable bonds is 6. The van der Waals surface area contributed by atoms with Gasteiger partial charge < -0.3 is 15.4 Å². The molecular formula is C27H28ClF3N4O5. The topological polar surface area (TPSA) is 108 Å². The number of carbonyl (C=O) groups excluding carboxylic acids is 4. The summed E-state index contributed by atoms with van der Waals surface area (Å²) in [4.78, 5) is 54.5. The molecule has 9 nitrogen and oxygen atoms in total. The van der Waals surface area contributed by atoms with Gasteiger partial charge in [0.1, 0.15) is 23.5 Å². The van der Waals surface area contributed by atoms with Gasteiger partial charge >= 0.3 is 12.1 Å². The fraction of sp³-hybridized carbons (Fsp3) is 0.407. The van der Waals surface area contributed by atoms with Crippen molar-refractivity contribution >= 4 is 41.2 Å². The van der Waals surface area contributed by atoms with E-state index in [0.717, 1.165) is 17.0 Å². The Bertz CT molecular complexity index is 1330. The van der Waals surface area contributed by atoms with Gasteiger partial charge in [0, 0.05) is 35.2 Å². The molecule has 0 bridgehead atoms. The van der Waals surface area contributed by atoms with Gasteiger partial charge in [0.15, 0.2) is 0 Å². The van der Waals surface area contributed by atoms with Crippen molar-refractivity contribution in [2.45, 2.75) is 63.3 Å². The van der Waals surface area contributed by atoms with E-state index in [1.54, 1.807) is 32.9 Å². The highest BCUT2D eigenvalue weighted by atomic mass is 35.5. The molecule has 2 fully saturated rings. The van der Waals surface area contributed by atoms with Crippen molar-refractivity contribution < 1.29 is 37.1 Å². The molecule has 214 valence electrons. The van der Waals surface area contributed by atoms with E-state index in [0.29, 0.717) is 4.90 Å². The number of amides is 5. The highest BCUT2D eigenvalue weighted by Crippen LogP contribution is 2.39. The lowest BCUT2D eigenvalue weighted by molar-refractivity contribution is -0.133. The number of anilines is 1. The van der Waals surface area contributed by atoms with Crippen LogP contribution in [-0.4, -0.2) is 59.0 Å². The molecule has 1 aliphatic carbocycles. The van der Waals surface area contributed by atoms with E-state index in [1.165, 1.54) is 24.3 Å². The largest absolute Gasteiger partial charge is 0.443 e. The zero-order valence-electron chi connectivity index (χ0n) is 21.9. The Kier molecular flexibility index (Phi) is 8.02. The second kappa shape index (κ2) is 11.0. The third-order valence-corrected chi connectivity index (χ3v) is 6.63. The summed E-state index contributed by atoms with van der Waals surface area (Å²) in [5.74, 6) is -5.35. The van der Waals surface area contributed by atoms with Gasteiger partial charge in [-0.2, -0.15) is 0 Å². The van der Waals surface area contributed by atoms with E-state index < -0.39 is 78.8 Å². The summed E-state index contributed by atoms with van der Waals surface area (Å²) in [5, 5.41) is 5.02. The van der Waals surface area contributed by atoms with Crippen LogP contribution in [0.25, 0.3) is 0 Å². The number of nitrogens with zero attached hydrogens (tertiary/aromatic N) is 2. The Morgan fingerprint density at radius 3 is 2.42 bits per heavy atom. The Hall–Kier alpha value is -3.80. The number of halogens is 4. The zero-order chi connectivity index (χ0) is 29.4. The summed E-state index contributed by atoms with van der Waals surface area (Å²) in [5.41, 5.74) is -0.841. The molecule has 13 heteroatoms. The zero-order valence-corrected chi connectivity index (χ0v) is 22.7. The molecule has 1 saturated heterocycles. The van der Waals surface area contributed by atoms with Gasteiger partial charge in [0.25, 0.3) is 11.8 Å². The maximum absolute atomic E-state index is 14.4. The first-order valence-corrected chi connectivity index (χ1v) is 12.9. The maximum atomic E-state index is 14.4. The smallest absolute Gasteiger partial charge is 0.418 e. The van der Waals surface area contributed by atoms with Crippen molar-refractivity contribution in [3.05, 3.63) is 64.9 Å². The number of imide groups is 1. The summed E-state index contributed by atoms with van der Waals surface area (Å²) in [7, 11) is 0. The van der Waals surface area contributed by atoms with Crippen LogP contribution in [0.15, 0.2) is 48.5 Å². The first-order chi connectivity index (χ1) is 18.6. The quantitative estimate of drug-likeness (QED) is 0.510. The summed E-state index contributed by atoms with van der Waals surface area (Å²) < 4.78 is 46.6. The lowest BCUT2D eigenvalue weighted by Gasteiger charge is -2.38. The molecule has 0 radical (unpaired) electrons. The Balaban J connectivity index is 1.72. The monoisotopic (exact) mass is 580 g/mol. The molecule has 2 aromatic rings. The van der Waals surface area contributed by atoms with Crippen LogP contribution in [0.5, 0.6) is 0 Å². The number of alkyl halides is 2. The van der Waals surface area contributed by atoms with Crippen molar-refractivity contribution in [2.75, 3.05) is 11.4 Å². The van der Waals surface area contributed by atoms with Crippen LogP contribution in [0.4, 0.5) is 28.4 Å². The van der Waals surface area contributed by atoms with E-state index in [1.807, 2.05) is 0 Å². The minimum absolute atomic E-state index is 0.0611. The van der Waals surface area contributed by atoms with Crippen molar-refractivity contribution in [3.8, 4) is 0 Å². The van der Waals surface area contributed by atoms with E-state index >= 15 is 0 Å². The molecule has 0 aromatic heterocycles. The van der Waals surface area contributed by atoms with Gasteiger partial charge in [-0.25, -0.2) is 27.7 Å². The van der Waals surface area contributed by atoms with Gasteiger partial charge in [-0.1, -0.05) is 35.9 Å². The maximum Gasteiger partial charge on any atom is 0.418 e. The molecule has 4 rings (SSSR count). The van der Waals surface area contributed by atoms with Crippen molar-refractivity contribution in [2.24, 2.45) is 0 Å². The molecule has 40 heavy (non-hydrogen) atoms. The minimum atomic E-state index is -2.92. The van der Waals surface area contributed by atoms with Crippen molar-refractivity contribution in [1.29, 1.82) is 0 Å². The molecular weight excluding hydrogens is 553 g/mol. The predicted molar refractivity (Wildman–Crippen MR) is 139 cm³/mol. The number of carbonyl (C=O) groups is 4. The Morgan fingerprint density at radius 2 is 1.82 bits per heavy atom. The van der Waals surface area contributed by atoms with Gasteiger partial charge in [0.05, 0.1) is 6.54 Å². The Morgan fingerprint density at radius 1 is 1.15 bits per heavy atom. The Labute approximate surface area is 233 Å². The third kappa shape index (κ3) is 6.49. The van der Waals surface area contributed by atoms with E-state index in [9.17, 15) is 32.3 Å². The van der Waals surface area contributed by atoms with Crippen molar-refractivity contribution in [1.82, 2.24) is 15.5 Å². The average molecular weight is 581 g/mol. The average Bonchev–Trinajstić information content (AvgIpc) is 3.22. The summed E-state index contributed by atoms with van der Waals surface area (Å²) >= 11 is 6.42. The van der Waals surface area contributed by atoms with Crippen molar-refractivity contribution in [3.63, 3.8) is 0 Å². The highest BCUT2D eigenvalue weighted by Gasteiger charge is 2.48.